The third kappa shape index (κ3) is 4.50. The maximum absolute atomic E-state index is 5.57. The molecule has 0 N–H and O–H groups in total. The van der Waals surface area contributed by atoms with Crippen molar-refractivity contribution >= 4 is 11.6 Å². The highest BCUT2D eigenvalue weighted by molar-refractivity contribution is 5.92. The van der Waals surface area contributed by atoms with Crippen molar-refractivity contribution in [2.24, 2.45) is 0 Å². The Hall–Kier alpha value is -4.31. The number of hydrogen-bond donors (Lipinski definition) is 0. The van der Waals surface area contributed by atoms with Gasteiger partial charge in [-0.05, 0) is 105 Å². The van der Waals surface area contributed by atoms with Crippen molar-refractivity contribution < 1.29 is 4.74 Å². The summed E-state index contributed by atoms with van der Waals surface area (Å²) < 4.78 is 10.0. The number of pyridine rings is 1. The predicted molar refractivity (Wildman–Crippen MR) is 148 cm³/mol. The molecule has 3 aromatic heterocycles. The Kier molecular flexibility index (Phi) is 6.34. The van der Waals surface area contributed by atoms with Crippen LogP contribution < -0.4 is 4.74 Å². The molecule has 2 aromatic carbocycles. The van der Waals surface area contributed by atoms with E-state index in [4.69, 9.17) is 9.72 Å². The third-order valence-corrected chi connectivity index (χ3v) is 6.60. The minimum atomic E-state index is 0.829. The van der Waals surface area contributed by atoms with Crippen LogP contribution in [0, 0.1) is 27.7 Å². The first-order valence-electron chi connectivity index (χ1n) is 12.2. The number of hydrogen-bond acceptors (Lipinski definition) is 2. The van der Waals surface area contributed by atoms with Gasteiger partial charge in [-0.15, -0.1) is 0 Å². The zero-order chi connectivity index (χ0) is 25.2. The Balaban J connectivity index is 1.81. The number of aromatic nitrogens is 3. The van der Waals surface area contributed by atoms with Gasteiger partial charge in [-0.1, -0.05) is 42.5 Å². The van der Waals surface area contributed by atoms with Crippen LogP contribution in [0.25, 0.3) is 23.3 Å². The Morgan fingerprint density at radius 1 is 0.639 bits per heavy atom. The molecule has 0 aliphatic heterocycles. The summed E-state index contributed by atoms with van der Waals surface area (Å²) in [4.78, 5) is 5.15. The quantitative estimate of drug-likeness (QED) is 0.239. The van der Waals surface area contributed by atoms with Gasteiger partial charge in [0.25, 0.3) is 0 Å². The topological polar surface area (TPSA) is 32.0 Å². The summed E-state index contributed by atoms with van der Waals surface area (Å²) in [5.41, 5.74) is 9.03. The van der Waals surface area contributed by atoms with Crippen molar-refractivity contribution in [2.75, 3.05) is 7.11 Å². The largest absolute Gasteiger partial charge is 0.497 e. The molecule has 0 unspecified atom stereocenters. The van der Waals surface area contributed by atoms with Gasteiger partial charge in [-0.3, -0.25) is 0 Å². The van der Waals surface area contributed by atoms with Crippen LogP contribution in [-0.2, 0) is 0 Å². The van der Waals surface area contributed by atoms with Crippen LogP contribution in [0.3, 0.4) is 0 Å². The lowest BCUT2D eigenvalue weighted by Crippen LogP contribution is -2.09. The van der Waals surface area contributed by atoms with Crippen molar-refractivity contribution in [1.29, 1.82) is 0 Å². The van der Waals surface area contributed by atoms with E-state index in [-0.39, 0.29) is 0 Å². The molecule has 36 heavy (non-hydrogen) atoms. The second-order valence-electron chi connectivity index (χ2n) is 9.18. The zero-order valence-electron chi connectivity index (χ0n) is 21.5. The standard InChI is InChI=1S/C32H31N3O/c1-22-14-15-23(2)34(22)31-20-28(21-32(33-31)35-24(3)16-17-25(35)4)30(18-26-10-7-6-8-11-26)27-12-9-13-29(19-27)36-5/h6-21H,1-5H3/b30-18+. The molecule has 0 fully saturated rings. The Bertz CT molecular complexity index is 1450. The van der Waals surface area contributed by atoms with Crippen LogP contribution >= 0.6 is 0 Å². The predicted octanol–water partition coefficient (Wildman–Crippen LogP) is 7.49. The van der Waals surface area contributed by atoms with Crippen molar-refractivity contribution in [2.45, 2.75) is 27.7 Å². The monoisotopic (exact) mass is 473 g/mol. The van der Waals surface area contributed by atoms with E-state index in [0.717, 1.165) is 62.4 Å². The molecule has 3 heterocycles. The highest BCUT2D eigenvalue weighted by Crippen LogP contribution is 2.32. The molecule has 0 saturated carbocycles. The average molecular weight is 474 g/mol. The van der Waals surface area contributed by atoms with Crippen molar-refractivity contribution in [3.63, 3.8) is 0 Å². The Morgan fingerprint density at radius 2 is 1.19 bits per heavy atom. The van der Waals surface area contributed by atoms with Crippen molar-refractivity contribution in [3.8, 4) is 17.4 Å². The fraction of sp³-hybridized carbons (Fsp3) is 0.156. The molecule has 0 aliphatic rings. The van der Waals surface area contributed by atoms with Crippen LogP contribution in [0.1, 0.15) is 39.5 Å². The molecule has 0 aliphatic carbocycles. The normalized spacial score (nSPS) is 11.6. The summed E-state index contributed by atoms with van der Waals surface area (Å²) in [6.07, 6.45) is 2.24. The molecule has 5 aromatic rings. The number of nitrogens with zero attached hydrogens (tertiary/aromatic N) is 3. The maximum atomic E-state index is 5.57. The lowest BCUT2D eigenvalue weighted by atomic mass is 9.95. The molecule has 5 rings (SSSR count). The fourth-order valence-electron chi connectivity index (χ4n) is 4.79. The summed E-state index contributed by atoms with van der Waals surface area (Å²) in [6.45, 7) is 8.48. The van der Waals surface area contributed by atoms with Crippen molar-refractivity contribution in [1.82, 2.24) is 14.1 Å². The van der Waals surface area contributed by atoms with Crippen LogP contribution in [0.5, 0.6) is 5.75 Å². The van der Waals surface area contributed by atoms with Crippen LogP contribution in [-0.4, -0.2) is 21.2 Å². The highest BCUT2D eigenvalue weighted by Gasteiger charge is 2.16. The maximum Gasteiger partial charge on any atom is 0.140 e. The van der Waals surface area contributed by atoms with Gasteiger partial charge in [0.15, 0.2) is 0 Å². The average Bonchev–Trinajstić information content (AvgIpc) is 3.42. The van der Waals surface area contributed by atoms with E-state index in [0.29, 0.717) is 0 Å². The first kappa shape index (κ1) is 23.4. The molecule has 4 nitrogen and oxygen atoms in total. The van der Waals surface area contributed by atoms with E-state index in [1.807, 2.05) is 18.2 Å². The number of benzene rings is 2. The van der Waals surface area contributed by atoms with E-state index in [2.05, 4.69) is 116 Å². The Morgan fingerprint density at radius 3 is 1.72 bits per heavy atom. The minimum absolute atomic E-state index is 0.829. The number of ether oxygens (including phenoxy) is 1. The summed E-state index contributed by atoms with van der Waals surface area (Å²) in [5.74, 6) is 2.63. The smallest absolute Gasteiger partial charge is 0.140 e. The number of rotatable bonds is 6. The van der Waals surface area contributed by atoms with E-state index < -0.39 is 0 Å². The lowest BCUT2D eigenvalue weighted by molar-refractivity contribution is 0.414. The van der Waals surface area contributed by atoms with Gasteiger partial charge in [0, 0.05) is 22.8 Å². The summed E-state index contributed by atoms with van der Waals surface area (Å²) >= 11 is 0. The van der Waals surface area contributed by atoms with Crippen LogP contribution in [0.2, 0.25) is 0 Å². The fourth-order valence-corrected chi connectivity index (χ4v) is 4.79. The van der Waals surface area contributed by atoms with E-state index >= 15 is 0 Å². The Labute approximate surface area is 213 Å². The van der Waals surface area contributed by atoms with Gasteiger partial charge in [0.05, 0.1) is 7.11 Å². The summed E-state index contributed by atoms with van der Waals surface area (Å²) in [7, 11) is 1.71. The van der Waals surface area contributed by atoms with Gasteiger partial charge >= 0.3 is 0 Å². The van der Waals surface area contributed by atoms with Gasteiger partial charge < -0.3 is 13.9 Å². The SMILES string of the molecule is COc1cccc(/C(=C\c2ccccc2)c2cc(-n3c(C)ccc3C)nc(-n3c(C)ccc3C)c2)c1. The summed E-state index contributed by atoms with van der Waals surface area (Å²) in [5, 5.41) is 0. The molecule has 0 radical (unpaired) electrons. The van der Waals surface area contributed by atoms with Gasteiger partial charge in [-0.2, -0.15) is 0 Å². The zero-order valence-corrected chi connectivity index (χ0v) is 21.5. The van der Waals surface area contributed by atoms with Gasteiger partial charge in [0.2, 0.25) is 0 Å². The van der Waals surface area contributed by atoms with Gasteiger partial charge in [-0.25, -0.2) is 4.98 Å². The summed E-state index contributed by atoms with van der Waals surface area (Å²) in [6, 6.07) is 31.6. The third-order valence-electron chi connectivity index (χ3n) is 6.60. The molecular weight excluding hydrogens is 442 g/mol. The van der Waals surface area contributed by atoms with E-state index in [1.54, 1.807) is 7.11 Å². The van der Waals surface area contributed by atoms with E-state index in [1.165, 1.54) is 0 Å². The van der Waals surface area contributed by atoms with Crippen LogP contribution in [0.4, 0.5) is 0 Å². The van der Waals surface area contributed by atoms with Crippen LogP contribution in [0.15, 0.2) is 91.0 Å². The van der Waals surface area contributed by atoms with Gasteiger partial charge in [0.1, 0.15) is 17.4 Å². The molecule has 0 saturated heterocycles. The number of aryl methyl sites for hydroxylation is 4. The lowest BCUT2D eigenvalue weighted by Gasteiger charge is -2.18. The molecule has 0 amide bonds. The second kappa shape index (κ2) is 9.74. The molecule has 0 bridgehead atoms. The highest BCUT2D eigenvalue weighted by atomic mass is 16.5. The molecule has 180 valence electrons. The first-order chi connectivity index (χ1) is 17.4. The number of methoxy groups -OCH3 is 1. The molecule has 0 spiro atoms. The second-order valence-corrected chi connectivity index (χ2v) is 9.18. The van der Waals surface area contributed by atoms with E-state index in [9.17, 15) is 0 Å². The minimum Gasteiger partial charge on any atom is -0.497 e. The van der Waals surface area contributed by atoms with Crippen molar-refractivity contribution in [3.05, 3.63) is 130 Å². The first-order valence-corrected chi connectivity index (χ1v) is 12.2. The molecular formula is C32H31N3O. The molecule has 0 atom stereocenters. The molecule has 4 heteroatoms.